The number of amidine groups is 1. The Morgan fingerprint density at radius 3 is 2.65 bits per heavy atom. The van der Waals surface area contributed by atoms with Crippen LogP contribution in [0, 0.1) is 22.6 Å². The summed E-state index contributed by atoms with van der Waals surface area (Å²) < 4.78 is 14.0. The molecule has 0 radical (unpaired) electrons. The second-order valence-electron chi connectivity index (χ2n) is 6.81. The maximum absolute atomic E-state index is 14.0. The van der Waals surface area contributed by atoms with E-state index in [4.69, 9.17) is 11.1 Å². The first kappa shape index (κ1) is 15.0. The normalized spacial score (nSPS) is 20.3. The summed E-state index contributed by atoms with van der Waals surface area (Å²) in [6.07, 6.45) is 1.18. The van der Waals surface area contributed by atoms with Gasteiger partial charge in [0, 0.05) is 24.2 Å². The van der Waals surface area contributed by atoms with Crippen molar-refractivity contribution in [3.05, 3.63) is 35.1 Å². The first-order valence-electron chi connectivity index (χ1n) is 7.12. The van der Waals surface area contributed by atoms with E-state index in [1.54, 1.807) is 12.1 Å². The van der Waals surface area contributed by atoms with E-state index in [1.165, 1.54) is 12.5 Å². The Labute approximate surface area is 120 Å². The number of hydrogen-bond donors (Lipinski definition) is 2. The van der Waals surface area contributed by atoms with Crippen LogP contribution in [0.2, 0.25) is 0 Å². The van der Waals surface area contributed by atoms with Crippen LogP contribution in [0.3, 0.4) is 0 Å². The van der Waals surface area contributed by atoms with Gasteiger partial charge in [0.1, 0.15) is 11.7 Å². The predicted molar refractivity (Wildman–Crippen MR) is 80.3 cm³/mol. The van der Waals surface area contributed by atoms with Gasteiger partial charge in [0.15, 0.2) is 0 Å². The Balaban J connectivity index is 2.03. The Bertz CT molecular complexity index is 505. The fraction of sp³-hybridized carbons (Fsp3) is 0.562. The fourth-order valence-electron chi connectivity index (χ4n) is 2.77. The number of nitrogen functional groups attached to an aromatic ring is 1. The molecule has 1 heterocycles. The Kier molecular flexibility index (Phi) is 4.14. The maximum Gasteiger partial charge on any atom is 0.128 e. The van der Waals surface area contributed by atoms with Crippen LogP contribution in [0.4, 0.5) is 4.39 Å². The minimum absolute atomic E-state index is 0.0931. The third kappa shape index (κ3) is 3.37. The number of rotatable bonds is 3. The molecule has 20 heavy (non-hydrogen) atoms. The van der Waals surface area contributed by atoms with Gasteiger partial charge in [-0.1, -0.05) is 32.9 Å². The van der Waals surface area contributed by atoms with Gasteiger partial charge in [0.05, 0.1) is 0 Å². The van der Waals surface area contributed by atoms with Crippen molar-refractivity contribution in [2.45, 2.75) is 33.7 Å². The molecule has 3 nitrogen and oxygen atoms in total. The molecule has 1 aliphatic heterocycles. The van der Waals surface area contributed by atoms with Crippen molar-refractivity contribution in [2.75, 3.05) is 13.1 Å². The van der Waals surface area contributed by atoms with Crippen LogP contribution in [0.25, 0.3) is 0 Å². The molecule has 1 saturated heterocycles. The molecule has 3 N–H and O–H groups in total. The van der Waals surface area contributed by atoms with Crippen molar-refractivity contribution in [3.63, 3.8) is 0 Å². The molecule has 0 aromatic heterocycles. The van der Waals surface area contributed by atoms with Crippen molar-refractivity contribution in [1.29, 1.82) is 5.41 Å². The maximum atomic E-state index is 14.0. The van der Waals surface area contributed by atoms with Crippen LogP contribution >= 0.6 is 0 Å². The quantitative estimate of drug-likeness (QED) is 0.659. The minimum atomic E-state index is -0.267. The summed E-state index contributed by atoms with van der Waals surface area (Å²) in [6, 6.07) is 4.82. The van der Waals surface area contributed by atoms with Crippen LogP contribution in [0.5, 0.6) is 0 Å². The molecule has 0 bridgehead atoms. The Morgan fingerprint density at radius 2 is 2.15 bits per heavy atom. The lowest BCUT2D eigenvalue weighted by molar-refractivity contribution is 0.225. The largest absolute Gasteiger partial charge is 0.384 e. The zero-order valence-electron chi connectivity index (χ0n) is 12.5. The second kappa shape index (κ2) is 5.52. The number of hydrogen-bond acceptors (Lipinski definition) is 2. The SMILES string of the molecule is CC(C)(C)C1CCN(Cc2ccc(C(=N)N)cc2F)C1. The molecule has 1 aromatic carbocycles. The lowest BCUT2D eigenvalue weighted by Crippen LogP contribution is -2.26. The summed E-state index contributed by atoms with van der Waals surface area (Å²) >= 11 is 0. The molecule has 1 atom stereocenters. The van der Waals surface area contributed by atoms with Gasteiger partial charge in [-0.15, -0.1) is 0 Å². The van der Waals surface area contributed by atoms with E-state index >= 15 is 0 Å². The number of nitrogens with one attached hydrogen (secondary N) is 1. The number of halogens is 1. The van der Waals surface area contributed by atoms with Crippen LogP contribution in [-0.4, -0.2) is 23.8 Å². The topological polar surface area (TPSA) is 53.1 Å². The predicted octanol–water partition coefficient (Wildman–Crippen LogP) is 2.98. The first-order valence-corrected chi connectivity index (χ1v) is 7.12. The second-order valence-corrected chi connectivity index (χ2v) is 6.81. The monoisotopic (exact) mass is 277 g/mol. The van der Waals surface area contributed by atoms with E-state index in [-0.39, 0.29) is 11.7 Å². The molecule has 4 heteroatoms. The summed E-state index contributed by atoms with van der Waals surface area (Å²) in [5, 5.41) is 7.32. The van der Waals surface area contributed by atoms with E-state index in [1.807, 2.05) is 0 Å². The molecule has 0 amide bonds. The van der Waals surface area contributed by atoms with Crippen molar-refractivity contribution in [2.24, 2.45) is 17.1 Å². The highest BCUT2D eigenvalue weighted by atomic mass is 19.1. The highest BCUT2D eigenvalue weighted by Gasteiger charge is 2.31. The van der Waals surface area contributed by atoms with E-state index in [0.717, 1.165) is 13.1 Å². The summed E-state index contributed by atoms with van der Waals surface area (Å²) in [5.74, 6) is 0.309. The average Bonchev–Trinajstić information content (AvgIpc) is 2.80. The number of likely N-dealkylation sites (tertiary alicyclic amines) is 1. The van der Waals surface area contributed by atoms with E-state index in [0.29, 0.717) is 29.0 Å². The van der Waals surface area contributed by atoms with E-state index in [2.05, 4.69) is 25.7 Å². The Hall–Kier alpha value is -1.42. The molecule has 1 aliphatic rings. The highest BCUT2D eigenvalue weighted by Crippen LogP contribution is 2.34. The van der Waals surface area contributed by atoms with Gasteiger partial charge in [-0.25, -0.2) is 4.39 Å². The molecule has 1 fully saturated rings. The number of nitrogens with zero attached hydrogens (tertiary/aromatic N) is 1. The molecule has 0 saturated carbocycles. The minimum Gasteiger partial charge on any atom is -0.384 e. The van der Waals surface area contributed by atoms with Gasteiger partial charge in [-0.2, -0.15) is 0 Å². The lowest BCUT2D eigenvalue weighted by Gasteiger charge is -2.27. The molecule has 0 spiro atoms. The van der Waals surface area contributed by atoms with Crippen molar-refractivity contribution in [3.8, 4) is 0 Å². The van der Waals surface area contributed by atoms with E-state index in [9.17, 15) is 4.39 Å². The van der Waals surface area contributed by atoms with Crippen LogP contribution in [0.1, 0.15) is 38.3 Å². The zero-order chi connectivity index (χ0) is 14.9. The summed E-state index contributed by atoms with van der Waals surface area (Å²) in [4.78, 5) is 2.31. The third-order valence-electron chi connectivity index (χ3n) is 4.26. The highest BCUT2D eigenvalue weighted by molar-refractivity contribution is 5.94. The lowest BCUT2D eigenvalue weighted by atomic mass is 9.80. The summed E-state index contributed by atoms with van der Waals surface area (Å²) in [7, 11) is 0. The van der Waals surface area contributed by atoms with Gasteiger partial charge in [-0.3, -0.25) is 10.3 Å². The number of benzene rings is 1. The van der Waals surface area contributed by atoms with Crippen molar-refractivity contribution in [1.82, 2.24) is 4.90 Å². The van der Waals surface area contributed by atoms with Crippen LogP contribution in [-0.2, 0) is 6.54 Å². The molecule has 1 aromatic rings. The van der Waals surface area contributed by atoms with Gasteiger partial charge < -0.3 is 5.73 Å². The molecule has 1 unspecified atom stereocenters. The van der Waals surface area contributed by atoms with Crippen molar-refractivity contribution >= 4 is 5.84 Å². The van der Waals surface area contributed by atoms with Gasteiger partial charge >= 0.3 is 0 Å². The van der Waals surface area contributed by atoms with Gasteiger partial charge in [0.2, 0.25) is 0 Å². The number of nitrogens with two attached hydrogens (primary N) is 1. The molecular formula is C16H24FN3. The molecule has 110 valence electrons. The fourth-order valence-corrected chi connectivity index (χ4v) is 2.77. The van der Waals surface area contributed by atoms with Crippen molar-refractivity contribution < 1.29 is 4.39 Å². The van der Waals surface area contributed by atoms with E-state index < -0.39 is 0 Å². The molecule has 2 rings (SSSR count). The van der Waals surface area contributed by atoms with Crippen LogP contribution in [0.15, 0.2) is 18.2 Å². The average molecular weight is 277 g/mol. The molecular weight excluding hydrogens is 253 g/mol. The van der Waals surface area contributed by atoms with Crippen LogP contribution < -0.4 is 5.73 Å². The Morgan fingerprint density at radius 1 is 1.45 bits per heavy atom. The van der Waals surface area contributed by atoms with Gasteiger partial charge in [-0.05, 0) is 30.4 Å². The standard InChI is InChI=1S/C16H24FN3/c1-16(2,3)13-6-7-20(10-13)9-12-5-4-11(15(18)19)8-14(12)17/h4-5,8,13H,6-7,9-10H2,1-3H3,(H3,18,19). The van der Waals surface area contributed by atoms with Gasteiger partial charge in [0.25, 0.3) is 0 Å². The first-order chi connectivity index (χ1) is 9.27. The summed E-state index contributed by atoms with van der Waals surface area (Å²) in [6.45, 7) is 9.49. The third-order valence-corrected chi connectivity index (χ3v) is 4.26. The zero-order valence-corrected chi connectivity index (χ0v) is 12.5. The molecule has 0 aliphatic carbocycles. The smallest absolute Gasteiger partial charge is 0.128 e. The summed E-state index contributed by atoms with van der Waals surface area (Å²) in [5.41, 5.74) is 6.81.